The molecule has 2 N–H and O–H groups in total. The molecule has 1 aromatic carbocycles. The molecule has 22 heavy (non-hydrogen) atoms. The SMILES string of the molecule is OCCn1cc(NCc2cccc(-c3ccncc3)c2)cn1. The molecule has 3 aromatic rings. The summed E-state index contributed by atoms with van der Waals surface area (Å²) in [5, 5.41) is 16.4. The van der Waals surface area contributed by atoms with Gasteiger partial charge in [-0.25, -0.2) is 0 Å². The minimum Gasteiger partial charge on any atom is -0.394 e. The molecule has 0 aliphatic rings. The number of aliphatic hydroxyl groups excluding tert-OH is 1. The molecule has 2 aromatic heterocycles. The highest BCUT2D eigenvalue weighted by Gasteiger charge is 2.01. The topological polar surface area (TPSA) is 63.0 Å². The van der Waals surface area contributed by atoms with E-state index in [1.165, 1.54) is 11.1 Å². The largest absolute Gasteiger partial charge is 0.394 e. The molecular formula is C17H18N4O. The van der Waals surface area contributed by atoms with Crippen LogP contribution < -0.4 is 5.32 Å². The first kappa shape index (κ1) is 14.3. The minimum absolute atomic E-state index is 0.0924. The van der Waals surface area contributed by atoms with Crippen LogP contribution in [-0.4, -0.2) is 26.5 Å². The Kier molecular flexibility index (Phi) is 4.46. The van der Waals surface area contributed by atoms with E-state index in [2.05, 4.69) is 39.7 Å². The standard InChI is InChI=1S/C17H18N4O/c22-9-8-21-13-17(12-20-21)19-11-14-2-1-3-16(10-14)15-4-6-18-7-5-15/h1-7,10,12-13,19,22H,8-9,11H2. The maximum atomic E-state index is 8.89. The first-order valence-corrected chi connectivity index (χ1v) is 7.22. The van der Waals surface area contributed by atoms with E-state index in [1.807, 2.05) is 18.3 Å². The van der Waals surface area contributed by atoms with Crippen molar-refractivity contribution in [2.75, 3.05) is 11.9 Å². The van der Waals surface area contributed by atoms with Crippen LogP contribution in [0.2, 0.25) is 0 Å². The van der Waals surface area contributed by atoms with Gasteiger partial charge in [0.1, 0.15) is 0 Å². The van der Waals surface area contributed by atoms with Crippen LogP contribution in [0.1, 0.15) is 5.56 Å². The highest BCUT2D eigenvalue weighted by Crippen LogP contribution is 2.20. The lowest BCUT2D eigenvalue weighted by Crippen LogP contribution is -2.02. The van der Waals surface area contributed by atoms with Gasteiger partial charge >= 0.3 is 0 Å². The molecule has 5 nitrogen and oxygen atoms in total. The summed E-state index contributed by atoms with van der Waals surface area (Å²) in [5.41, 5.74) is 4.48. The van der Waals surface area contributed by atoms with Crippen molar-refractivity contribution >= 4 is 5.69 Å². The number of nitrogens with zero attached hydrogens (tertiary/aromatic N) is 3. The van der Waals surface area contributed by atoms with Crippen LogP contribution in [0.3, 0.4) is 0 Å². The van der Waals surface area contributed by atoms with Gasteiger partial charge in [-0.1, -0.05) is 18.2 Å². The molecule has 5 heteroatoms. The van der Waals surface area contributed by atoms with Crippen molar-refractivity contribution in [2.24, 2.45) is 0 Å². The van der Waals surface area contributed by atoms with Gasteiger partial charge in [-0.05, 0) is 34.9 Å². The van der Waals surface area contributed by atoms with E-state index >= 15 is 0 Å². The monoisotopic (exact) mass is 294 g/mol. The molecular weight excluding hydrogens is 276 g/mol. The average molecular weight is 294 g/mol. The average Bonchev–Trinajstić information content (AvgIpc) is 3.02. The van der Waals surface area contributed by atoms with E-state index in [1.54, 1.807) is 23.3 Å². The van der Waals surface area contributed by atoms with Crippen LogP contribution >= 0.6 is 0 Å². The van der Waals surface area contributed by atoms with Gasteiger partial charge in [-0.15, -0.1) is 0 Å². The lowest BCUT2D eigenvalue weighted by molar-refractivity contribution is 0.269. The van der Waals surface area contributed by atoms with Crippen molar-refractivity contribution in [3.05, 3.63) is 66.7 Å². The Morgan fingerprint density at radius 3 is 2.77 bits per heavy atom. The third-order valence-corrected chi connectivity index (χ3v) is 3.40. The summed E-state index contributed by atoms with van der Waals surface area (Å²) in [6.07, 6.45) is 7.26. The van der Waals surface area contributed by atoms with Crippen LogP contribution in [-0.2, 0) is 13.1 Å². The Morgan fingerprint density at radius 1 is 1.09 bits per heavy atom. The van der Waals surface area contributed by atoms with E-state index in [0.29, 0.717) is 6.54 Å². The second-order valence-corrected chi connectivity index (χ2v) is 5.01. The zero-order valence-electron chi connectivity index (χ0n) is 12.2. The van der Waals surface area contributed by atoms with Gasteiger partial charge in [0.2, 0.25) is 0 Å². The minimum atomic E-state index is 0.0924. The second kappa shape index (κ2) is 6.87. The van der Waals surface area contributed by atoms with Gasteiger partial charge in [0.15, 0.2) is 0 Å². The van der Waals surface area contributed by atoms with Crippen LogP contribution in [0.15, 0.2) is 61.2 Å². The fourth-order valence-electron chi connectivity index (χ4n) is 2.29. The molecule has 0 aliphatic carbocycles. The van der Waals surface area contributed by atoms with Crippen LogP contribution in [0.4, 0.5) is 5.69 Å². The molecule has 0 spiro atoms. The lowest BCUT2D eigenvalue weighted by Gasteiger charge is -2.07. The summed E-state index contributed by atoms with van der Waals surface area (Å²) >= 11 is 0. The number of benzene rings is 1. The number of aromatic nitrogens is 3. The number of hydrogen-bond acceptors (Lipinski definition) is 4. The molecule has 0 aliphatic heterocycles. The number of pyridine rings is 1. The Morgan fingerprint density at radius 2 is 1.95 bits per heavy atom. The van der Waals surface area contributed by atoms with Crippen molar-refractivity contribution < 1.29 is 5.11 Å². The molecule has 0 saturated heterocycles. The summed E-state index contributed by atoms with van der Waals surface area (Å²) in [7, 11) is 0. The molecule has 0 amide bonds. The molecule has 3 rings (SSSR count). The number of hydrogen-bond donors (Lipinski definition) is 2. The quantitative estimate of drug-likeness (QED) is 0.733. The summed E-state index contributed by atoms with van der Waals surface area (Å²) in [5.74, 6) is 0. The lowest BCUT2D eigenvalue weighted by atomic mass is 10.0. The molecule has 112 valence electrons. The zero-order chi connectivity index (χ0) is 15.2. The highest BCUT2D eigenvalue weighted by molar-refractivity contribution is 5.63. The van der Waals surface area contributed by atoms with Gasteiger partial charge in [0, 0.05) is 25.1 Å². The Labute approximate surface area is 129 Å². The maximum Gasteiger partial charge on any atom is 0.0729 e. The van der Waals surface area contributed by atoms with E-state index < -0.39 is 0 Å². The van der Waals surface area contributed by atoms with E-state index in [4.69, 9.17) is 5.11 Å². The number of nitrogens with one attached hydrogen (secondary N) is 1. The van der Waals surface area contributed by atoms with Crippen molar-refractivity contribution in [1.29, 1.82) is 0 Å². The van der Waals surface area contributed by atoms with E-state index in [0.717, 1.165) is 17.8 Å². The summed E-state index contributed by atoms with van der Waals surface area (Å²) in [6.45, 7) is 1.33. The van der Waals surface area contributed by atoms with Crippen LogP contribution in [0, 0.1) is 0 Å². The second-order valence-electron chi connectivity index (χ2n) is 5.01. The van der Waals surface area contributed by atoms with Crippen molar-refractivity contribution in [3.63, 3.8) is 0 Å². The normalized spacial score (nSPS) is 10.6. The number of rotatable bonds is 6. The summed E-state index contributed by atoms with van der Waals surface area (Å²) in [4.78, 5) is 4.05. The van der Waals surface area contributed by atoms with Crippen molar-refractivity contribution in [1.82, 2.24) is 14.8 Å². The van der Waals surface area contributed by atoms with Crippen LogP contribution in [0.5, 0.6) is 0 Å². The zero-order valence-corrected chi connectivity index (χ0v) is 12.2. The number of anilines is 1. The molecule has 0 atom stereocenters. The molecule has 0 radical (unpaired) electrons. The predicted octanol–water partition coefficient (Wildman–Crippen LogP) is 2.55. The first-order chi connectivity index (χ1) is 10.8. The Bertz CT molecular complexity index is 724. The van der Waals surface area contributed by atoms with Gasteiger partial charge in [0.25, 0.3) is 0 Å². The third kappa shape index (κ3) is 3.51. The summed E-state index contributed by atoms with van der Waals surface area (Å²) < 4.78 is 1.72. The Hall–Kier alpha value is -2.66. The van der Waals surface area contributed by atoms with Crippen molar-refractivity contribution in [2.45, 2.75) is 13.1 Å². The van der Waals surface area contributed by atoms with Gasteiger partial charge in [0.05, 0.1) is 25.0 Å². The highest BCUT2D eigenvalue weighted by atomic mass is 16.3. The van der Waals surface area contributed by atoms with Gasteiger partial charge < -0.3 is 10.4 Å². The number of aliphatic hydroxyl groups is 1. The predicted molar refractivity (Wildman–Crippen MR) is 86.3 cm³/mol. The smallest absolute Gasteiger partial charge is 0.0729 e. The molecule has 0 bridgehead atoms. The van der Waals surface area contributed by atoms with E-state index in [-0.39, 0.29) is 6.61 Å². The molecule has 0 fully saturated rings. The van der Waals surface area contributed by atoms with Crippen LogP contribution in [0.25, 0.3) is 11.1 Å². The van der Waals surface area contributed by atoms with E-state index in [9.17, 15) is 0 Å². The maximum absolute atomic E-state index is 8.89. The molecule has 2 heterocycles. The Balaban J connectivity index is 1.67. The first-order valence-electron chi connectivity index (χ1n) is 7.22. The summed E-state index contributed by atoms with van der Waals surface area (Å²) in [6, 6.07) is 12.4. The fourth-order valence-corrected chi connectivity index (χ4v) is 2.29. The molecule has 0 unspecified atom stereocenters. The van der Waals surface area contributed by atoms with Gasteiger partial charge in [-0.3, -0.25) is 9.67 Å². The van der Waals surface area contributed by atoms with Crippen molar-refractivity contribution in [3.8, 4) is 11.1 Å². The molecule has 0 saturated carbocycles. The van der Waals surface area contributed by atoms with Gasteiger partial charge in [-0.2, -0.15) is 5.10 Å². The third-order valence-electron chi connectivity index (χ3n) is 3.40. The fraction of sp³-hybridized carbons (Fsp3) is 0.176.